The van der Waals surface area contributed by atoms with E-state index in [1.54, 1.807) is 41.4 Å². The highest BCUT2D eigenvalue weighted by Gasteiger charge is 2.37. The van der Waals surface area contributed by atoms with Crippen LogP contribution in [0.15, 0.2) is 36.8 Å². The van der Waals surface area contributed by atoms with Crippen molar-refractivity contribution in [3.8, 4) is 6.07 Å². The predicted molar refractivity (Wildman–Crippen MR) is 106 cm³/mol. The average molecular weight is 386 g/mol. The first-order chi connectivity index (χ1) is 12.6. The Balaban J connectivity index is 2.34. The smallest absolute Gasteiger partial charge is 0.333 e. The summed E-state index contributed by atoms with van der Waals surface area (Å²) in [7, 11) is -0.576. The van der Waals surface area contributed by atoms with E-state index in [1.165, 1.54) is 7.11 Å². The van der Waals surface area contributed by atoms with E-state index in [2.05, 4.69) is 44.9 Å². The Morgan fingerprint density at radius 3 is 2.44 bits per heavy atom. The van der Waals surface area contributed by atoms with Crippen molar-refractivity contribution in [1.82, 2.24) is 9.55 Å². The zero-order valence-electron chi connectivity index (χ0n) is 16.8. The minimum Gasteiger partial charge on any atom is -0.467 e. The number of nitriles is 1. The minimum absolute atomic E-state index is 0.0900. The zero-order chi connectivity index (χ0) is 20.2. The molecule has 0 bridgehead atoms. The molecule has 1 aromatic carbocycles. The molecule has 27 heavy (non-hydrogen) atoms. The Bertz CT molecular complexity index is 829. The van der Waals surface area contributed by atoms with E-state index in [4.69, 9.17) is 14.4 Å². The number of esters is 1. The van der Waals surface area contributed by atoms with Crippen LogP contribution in [0.25, 0.3) is 0 Å². The van der Waals surface area contributed by atoms with Crippen LogP contribution in [-0.4, -0.2) is 30.9 Å². The van der Waals surface area contributed by atoms with Crippen molar-refractivity contribution in [2.24, 2.45) is 0 Å². The summed E-state index contributed by atoms with van der Waals surface area (Å²) in [6.45, 7) is 11.3. The van der Waals surface area contributed by atoms with Crippen molar-refractivity contribution in [1.29, 1.82) is 5.26 Å². The zero-order valence-corrected chi connectivity index (χ0v) is 17.8. The predicted octanol–water partition coefficient (Wildman–Crippen LogP) is 4.04. The van der Waals surface area contributed by atoms with E-state index in [0.29, 0.717) is 12.2 Å². The van der Waals surface area contributed by atoms with Crippen LogP contribution in [0.4, 0.5) is 0 Å². The molecule has 1 atom stereocenters. The van der Waals surface area contributed by atoms with E-state index < -0.39 is 20.3 Å². The van der Waals surface area contributed by atoms with Gasteiger partial charge in [-0.25, -0.2) is 9.78 Å². The number of carbonyl (C=O) groups is 1. The van der Waals surface area contributed by atoms with E-state index >= 15 is 0 Å². The Kier molecular flexibility index (Phi) is 6.24. The van der Waals surface area contributed by atoms with Gasteiger partial charge in [0.2, 0.25) is 0 Å². The number of hydrogen-bond donors (Lipinski definition) is 0. The molecule has 0 aliphatic rings. The van der Waals surface area contributed by atoms with Gasteiger partial charge in [0.1, 0.15) is 0 Å². The highest BCUT2D eigenvalue weighted by atomic mass is 28.4. The third-order valence-electron chi connectivity index (χ3n) is 5.19. The van der Waals surface area contributed by atoms with Gasteiger partial charge >= 0.3 is 5.97 Å². The maximum atomic E-state index is 12.5. The number of hydrogen-bond acceptors (Lipinski definition) is 5. The third-order valence-corrected chi connectivity index (χ3v) is 9.67. The molecule has 6 nitrogen and oxygen atoms in total. The lowest BCUT2D eigenvalue weighted by Crippen LogP contribution is -2.40. The van der Waals surface area contributed by atoms with Gasteiger partial charge in [-0.3, -0.25) is 0 Å². The van der Waals surface area contributed by atoms with Crippen molar-refractivity contribution in [2.45, 2.75) is 51.6 Å². The van der Waals surface area contributed by atoms with Crippen LogP contribution < -0.4 is 0 Å². The number of aromatic nitrogens is 2. The molecule has 1 unspecified atom stereocenters. The van der Waals surface area contributed by atoms with Crippen LogP contribution in [0.2, 0.25) is 18.1 Å². The molecule has 1 aromatic heterocycles. The fraction of sp³-hybridized carbons (Fsp3) is 0.450. The largest absolute Gasteiger partial charge is 0.467 e. The second-order valence-corrected chi connectivity index (χ2v) is 12.8. The molecular formula is C20H27N3O3Si. The third kappa shape index (κ3) is 4.65. The van der Waals surface area contributed by atoms with Crippen LogP contribution in [0, 0.1) is 11.3 Å². The fourth-order valence-corrected chi connectivity index (χ4v) is 3.35. The van der Waals surface area contributed by atoms with Crippen molar-refractivity contribution in [3.05, 3.63) is 53.6 Å². The minimum atomic E-state index is -1.94. The molecule has 144 valence electrons. The maximum absolute atomic E-state index is 12.5. The Morgan fingerprint density at radius 2 is 1.93 bits per heavy atom. The van der Waals surface area contributed by atoms with Gasteiger partial charge in [0.05, 0.1) is 43.6 Å². The quantitative estimate of drug-likeness (QED) is 0.554. The molecule has 0 saturated heterocycles. The summed E-state index contributed by atoms with van der Waals surface area (Å²) in [6, 6.07) is 8.31. The molecule has 0 aliphatic carbocycles. The van der Waals surface area contributed by atoms with Crippen LogP contribution in [-0.2, 0) is 20.6 Å². The Morgan fingerprint density at radius 1 is 1.30 bits per heavy atom. The van der Waals surface area contributed by atoms with Crippen molar-refractivity contribution in [3.63, 3.8) is 0 Å². The van der Waals surface area contributed by atoms with E-state index in [9.17, 15) is 4.79 Å². The first kappa shape index (κ1) is 20.9. The number of ether oxygens (including phenoxy) is 1. The Labute approximate surface area is 161 Å². The van der Waals surface area contributed by atoms with Crippen LogP contribution >= 0.6 is 0 Å². The van der Waals surface area contributed by atoms with Crippen LogP contribution in [0.1, 0.15) is 43.6 Å². The topological polar surface area (TPSA) is 77.1 Å². The molecule has 0 aliphatic heterocycles. The van der Waals surface area contributed by atoms with Crippen LogP contribution in [0.5, 0.6) is 0 Å². The van der Waals surface area contributed by atoms with Gasteiger partial charge < -0.3 is 13.7 Å². The number of carbonyl (C=O) groups excluding carboxylic acids is 1. The molecule has 2 aromatic rings. The van der Waals surface area contributed by atoms with Gasteiger partial charge in [0, 0.05) is 0 Å². The average Bonchev–Trinajstić information content (AvgIpc) is 3.08. The summed E-state index contributed by atoms with van der Waals surface area (Å²) in [5.74, 6) is -0.397. The maximum Gasteiger partial charge on any atom is 0.333 e. The summed E-state index contributed by atoms with van der Waals surface area (Å²) in [5, 5.41) is 9.08. The van der Waals surface area contributed by atoms with Crippen molar-refractivity contribution in [2.75, 3.05) is 7.11 Å². The number of nitrogens with zero attached hydrogens (tertiary/aromatic N) is 3. The number of benzene rings is 1. The van der Waals surface area contributed by atoms with Crippen molar-refractivity contribution < 1.29 is 14.0 Å². The van der Waals surface area contributed by atoms with Crippen LogP contribution in [0.3, 0.4) is 0 Å². The molecule has 7 heteroatoms. The molecule has 2 rings (SSSR count). The van der Waals surface area contributed by atoms with Gasteiger partial charge in [0.25, 0.3) is 0 Å². The lowest BCUT2D eigenvalue weighted by molar-refractivity contribution is -0.143. The van der Waals surface area contributed by atoms with E-state index in [0.717, 1.165) is 11.3 Å². The highest BCUT2D eigenvalue weighted by Crippen LogP contribution is 2.37. The lowest BCUT2D eigenvalue weighted by Gasteiger charge is -2.36. The highest BCUT2D eigenvalue weighted by molar-refractivity contribution is 6.74. The number of imidazole rings is 1. The normalized spacial score (nSPS) is 13.1. The first-order valence-electron chi connectivity index (χ1n) is 8.83. The van der Waals surface area contributed by atoms with E-state index in [-0.39, 0.29) is 5.04 Å². The van der Waals surface area contributed by atoms with Gasteiger partial charge in [-0.1, -0.05) is 32.9 Å². The summed E-state index contributed by atoms with van der Waals surface area (Å²) < 4.78 is 13.1. The molecule has 0 saturated carbocycles. The fourth-order valence-electron chi connectivity index (χ4n) is 2.41. The second-order valence-electron chi connectivity index (χ2n) is 8.00. The molecular weight excluding hydrogens is 358 g/mol. The molecule has 0 radical (unpaired) electrons. The molecule has 0 spiro atoms. The van der Waals surface area contributed by atoms with Crippen molar-refractivity contribution >= 4 is 14.3 Å². The first-order valence-corrected chi connectivity index (χ1v) is 11.7. The molecule has 0 amide bonds. The van der Waals surface area contributed by atoms with Gasteiger partial charge in [-0.15, -0.1) is 0 Å². The lowest BCUT2D eigenvalue weighted by atomic mass is 10.0. The summed E-state index contributed by atoms with van der Waals surface area (Å²) >= 11 is 0. The SMILES string of the molecule is COC(=O)C(c1ccc(C#N)cc1)n1cncc1CO[Si](C)(C)C(C)(C)C. The number of methoxy groups -OCH3 is 1. The summed E-state index contributed by atoms with van der Waals surface area (Å²) in [6.07, 6.45) is 3.33. The summed E-state index contributed by atoms with van der Waals surface area (Å²) in [4.78, 5) is 16.7. The monoisotopic (exact) mass is 385 g/mol. The summed E-state index contributed by atoms with van der Waals surface area (Å²) in [5.41, 5.74) is 2.07. The second kappa shape index (κ2) is 8.07. The van der Waals surface area contributed by atoms with Gasteiger partial charge in [-0.2, -0.15) is 5.26 Å². The molecule has 1 heterocycles. The Hall–Kier alpha value is -2.43. The van der Waals surface area contributed by atoms with Gasteiger partial charge in [-0.05, 0) is 35.8 Å². The molecule has 0 N–H and O–H groups in total. The van der Waals surface area contributed by atoms with E-state index in [1.807, 2.05) is 0 Å². The molecule has 0 fully saturated rings. The van der Waals surface area contributed by atoms with Gasteiger partial charge in [0.15, 0.2) is 14.4 Å². The standard InChI is InChI=1S/C20H27N3O3Si/c1-20(2,3)27(5,6)26-13-17-12-22-14-23(17)18(19(24)25-4)16-9-7-15(11-21)8-10-16/h7-10,12,14,18H,13H2,1-6H3. The number of rotatable bonds is 6.